The summed E-state index contributed by atoms with van der Waals surface area (Å²) in [5.41, 5.74) is 6.73. The molecule has 3 aromatic carbocycles. The molecule has 0 unspecified atom stereocenters. The fraction of sp³-hybridized carbons (Fsp3) is 0.192. The van der Waals surface area contributed by atoms with Gasteiger partial charge in [0.25, 0.3) is 0 Å². The molecule has 0 heterocycles. The minimum absolute atomic E-state index is 0.0617. The minimum Gasteiger partial charge on any atom is -0.449 e. The van der Waals surface area contributed by atoms with Crippen LogP contribution in [0.1, 0.15) is 34.6 Å². The molecule has 3 nitrogen and oxygen atoms in total. The molecular weight excluding hydrogens is 394 g/mol. The largest absolute Gasteiger partial charge is 0.449 e. The molecule has 0 spiro atoms. The van der Waals surface area contributed by atoms with Crippen LogP contribution in [-0.4, -0.2) is 19.2 Å². The number of rotatable bonds is 4. The lowest BCUT2D eigenvalue weighted by Gasteiger charge is -2.14. The number of benzene rings is 3. The normalized spacial score (nSPS) is 11.8. The Hall–Kier alpha value is -3.22. The van der Waals surface area contributed by atoms with E-state index in [0.717, 1.165) is 11.1 Å². The zero-order valence-corrected chi connectivity index (χ0v) is 17.5. The molecule has 0 aliphatic heterocycles. The third-order valence-corrected chi connectivity index (χ3v) is 5.52. The third kappa shape index (κ3) is 4.35. The standard InChI is InChI=1S/C26H22ClNO2/c1-18-13-14-19(25(27)16-18)8-6-7-15-28-26(29)30-17-24-22-11-4-2-9-20(22)21-10-3-5-12-23(21)24/h2-5,9-14,16,24H,7,15,17H2,1H3,(H,28,29). The number of halogens is 1. The van der Waals surface area contributed by atoms with E-state index in [0.29, 0.717) is 24.6 Å². The highest BCUT2D eigenvalue weighted by Crippen LogP contribution is 2.44. The summed E-state index contributed by atoms with van der Waals surface area (Å²) in [6, 6.07) is 22.3. The van der Waals surface area contributed by atoms with Crippen LogP contribution in [0.15, 0.2) is 66.7 Å². The lowest BCUT2D eigenvalue weighted by atomic mass is 9.98. The zero-order chi connectivity index (χ0) is 20.9. The van der Waals surface area contributed by atoms with E-state index in [1.807, 2.05) is 49.4 Å². The maximum atomic E-state index is 12.1. The summed E-state index contributed by atoms with van der Waals surface area (Å²) in [7, 11) is 0. The molecule has 1 N–H and O–H groups in total. The van der Waals surface area contributed by atoms with Gasteiger partial charge in [-0.1, -0.05) is 78.0 Å². The predicted molar refractivity (Wildman–Crippen MR) is 121 cm³/mol. The molecule has 0 aromatic heterocycles. The van der Waals surface area contributed by atoms with Crippen molar-refractivity contribution in [2.24, 2.45) is 0 Å². The molecule has 0 fully saturated rings. The average Bonchev–Trinajstić information content (AvgIpc) is 3.07. The molecule has 1 aliphatic carbocycles. The summed E-state index contributed by atoms with van der Waals surface area (Å²) in [5, 5.41) is 3.41. The fourth-order valence-corrected chi connectivity index (χ4v) is 4.04. The monoisotopic (exact) mass is 415 g/mol. The number of alkyl carbamates (subject to hydrolysis) is 1. The maximum absolute atomic E-state index is 12.1. The number of amides is 1. The van der Waals surface area contributed by atoms with Gasteiger partial charge in [0.15, 0.2) is 0 Å². The lowest BCUT2D eigenvalue weighted by Crippen LogP contribution is -2.26. The smallest absolute Gasteiger partial charge is 0.407 e. The molecule has 3 aromatic rings. The molecule has 0 bridgehead atoms. The van der Waals surface area contributed by atoms with Crippen molar-refractivity contribution in [2.45, 2.75) is 19.3 Å². The van der Waals surface area contributed by atoms with Gasteiger partial charge in [-0.05, 0) is 46.9 Å². The molecule has 0 atom stereocenters. The fourth-order valence-electron chi connectivity index (χ4n) is 3.76. The third-order valence-electron chi connectivity index (χ3n) is 5.21. The van der Waals surface area contributed by atoms with E-state index >= 15 is 0 Å². The quantitative estimate of drug-likeness (QED) is 0.423. The highest BCUT2D eigenvalue weighted by molar-refractivity contribution is 6.31. The number of carbonyl (C=O) groups is 1. The van der Waals surface area contributed by atoms with Crippen molar-refractivity contribution in [3.05, 3.63) is 94.0 Å². The van der Waals surface area contributed by atoms with Crippen LogP contribution in [0.4, 0.5) is 4.79 Å². The summed E-state index contributed by atoms with van der Waals surface area (Å²) < 4.78 is 5.52. The highest BCUT2D eigenvalue weighted by Gasteiger charge is 2.28. The number of hydrogen-bond acceptors (Lipinski definition) is 2. The van der Waals surface area contributed by atoms with Crippen LogP contribution in [0, 0.1) is 18.8 Å². The van der Waals surface area contributed by atoms with Crippen molar-refractivity contribution >= 4 is 17.7 Å². The summed E-state index contributed by atoms with van der Waals surface area (Å²) in [6.07, 6.45) is 0.0982. The van der Waals surface area contributed by atoms with Gasteiger partial charge in [-0.25, -0.2) is 4.79 Å². The van der Waals surface area contributed by atoms with Gasteiger partial charge in [-0.3, -0.25) is 0 Å². The Morgan fingerprint density at radius 1 is 1.03 bits per heavy atom. The molecule has 0 radical (unpaired) electrons. The van der Waals surface area contributed by atoms with Crippen molar-refractivity contribution < 1.29 is 9.53 Å². The number of fused-ring (bicyclic) bond motifs is 3. The van der Waals surface area contributed by atoms with Crippen molar-refractivity contribution in [3.8, 4) is 23.0 Å². The number of nitrogens with one attached hydrogen (secondary N) is 1. The Bertz CT molecular complexity index is 1100. The van der Waals surface area contributed by atoms with E-state index in [2.05, 4.69) is 41.4 Å². The molecule has 150 valence electrons. The van der Waals surface area contributed by atoms with E-state index in [-0.39, 0.29) is 5.92 Å². The maximum Gasteiger partial charge on any atom is 0.407 e. The van der Waals surface area contributed by atoms with E-state index in [1.54, 1.807) is 0 Å². The highest BCUT2D eigenvalue weighted by atomic mass is 35.5. The molecule has 30 heavy (non-hydrogen) atoms. The van der Waals surface area contributed by atoms with Crippen LogP contribution < -0.4 is 5.32 Å². The van der Waals surface area contributed by atoms with Gasteiger partial charge in [-0.15, -0.1) is 0 Å². The van der Waals surface area contributed by atoms with E-state index in [9.17, 15) is 4.79 Å². The van der Waals surface area contributed by atoms with Gasteiger partial charge < -0.3 is 10.1 Å². The first-order chi connectivity index (χ1) is 14.6. The second-order valence-corrected chi connectivity index (χ2v) is 7.69. The van der Waals surface area contributed by atoms with Gasteiger partial charge in [0.2, 0.25) is 0 Å². The van der Waals surface area contributed by atoms with Crippen LogP contribution in [0.5, 0.6) is 0 Å². The van der Waals surface area contributed by atoms with Crippen molar-refractivity contribution in [1.82, 2.24) is 5.32 Å². The average molecular weight is 416 g/mol. The number of ether oxygens (including phenoxy) is 1. The molecule has 4 rings (SSSR count). The van der Waals surface area contributed by atoms with E-state index < -0.39 is 6.09 Å². The first-order valence-corrected chi connectivity index (χ1v) is 10.3. The van der Waals surface area contributed by atoms with Crippen LogP contribution in [0.25, 0.3) is 11.1 Å². The second-order valence-electron chi connectivity index (χ2n) is 7.29. The second kappa shape index (κ2) is 9.07. The first-order valence-electron chi connectivity index (χ1n) is 9.97. The van der Waals surface area contributed by atoms with Crippen LogP contribution in [-0.2, 0) is 4.74 Å². The minimum atomic E-state index is -0.424. The van der Waals surface area contributed by atoms with Crippen LogP contribution in [0.2, 0.25) is 5.02 Å². The molecule has 1 amide bonds. The Morgan fingerprint density at radius 2 is 1.70 bits per heavy atom. The van der Waals surface area contributed by atoms with Gasteiger partial charge in [-0.2, -0.15) is 0 Å². The topological polar surface area (TPSA) is 38.3 Å². The van der Waals surface area contributed by atoms with Crippen LogP contribution >= 0.6 is 11.6 Å². The van der Waals surface area contributed by atoms with Gasteiger partial charge in [0, 0.05) is 24.4 Å². The van der Waals surface area contributed by atoms with Gasteiger partial charge >= 0.3 is 6.09 Å². The Morgan fingerprint density at radius 3 is 2.37 bits per heavy atom. The van der Waals surface area contributed by atoms with Crippen molar-refractivity contribution in [1.29, 1.82) is 0 Å². The number of hydrogen-bond donors (Lipinski definition) is 1. The zero-order valence-electron chi connectivity index (χ0n) is 16.7. The number of aryl methyl sites for hydroxylation is 1. The molecule has 1 aliphatic rings. The number of carbonyl (C=O) groups excluding carboxylic acids is 1. The van der Waals surface area contributed by atoms with Gasteiger partial charge in [0.1, 0.15) is 6.61 Å². The SMILES string of the molecule is Cc1ccc(C#CCCNC(=O)OCC2c3ccccc3-c3ccccc32)c(Cl)c1. The Labute approximate surface area is 182 Å². The van der Waals surface area contributed by atoms with E-state index in [1.165, 1.54) is 22.3 Å². The predicted octanol–water partition coefficient (Wildman–Crippen LogP) is 5.93. The molecule has 4 heteroatoms. The molecular formula is C26H22ClNO2. The molecule has 0 saturated heterocycles. The van der Waals surface area contributed by atoms with E-state index in [4.69, 9.17) is 16.3 Å². The van der Waals surface area contributed by atoms with Crippen molar-refractivity contribution in [2.75, 3.05) is 13.2 Å². The Balaban J connectivity index is 1.29. The summed E-state index contributed by atoms with van der Waals surface area (Å²) >= 11 is 6.18. The summed E-state index contributed by atoms with van der Waals surface area (Å²) in [6.45, 7) is 2.72. The summed E-state index contributed by atoms with van der Waals surface area (Å²) in [4.78, 5) is 12.1. The van der Waals surface area contributed by atoms with Crippen molar-refractivity contribution in [3.63, 3.8) is 0 Å². The van der Waals surface area contributed by atoms with Crippen LogP contribution in [0.3, 0.4) is 0 Å². The lowest BCUT2D eigenvalue weighted by molar-refractivity contribution is 0.143. The first kappa shape index (κ1) is 20.1. The summed E-state index contributed by atoms with van der Waals surface area (Å²) in [5.74, 6) is 6.14. The molecule has 0 saturated carbocycles. The Kier molecular flexibility index (Phi) is 6.07. The van der Waals surface area contributed by atoms with Gasteiger partial charge in [0.05, 0.1) is 5.02 Å².